The van der Waals surface area contributed by atoms with E-state index in [0.29, 0.717) is 5.13 Å². The zero-order valence-electron chi connectivity index (χ0n) is 17.9. The quantitative estimate of drug-likeness (QED) is 0.473. The molecular weight excluding hydrogens is 400 g/mol. The van der Waals surface area contributed by atoms with E-state index in [4.69, 9.17) is 5.73 Å². The first kappa shape index (κ1) is 20.0. The first-order valence-corrected chi connectivity index (χ1v) is 11.8. The Kier molecular flexibility index (Phi) is 5.62. The average molecular weight is 429 g/mol. The first-order valence-electron chi connectivity index (χ1n) is 10.9. The highest BCUT2D eigenvalue weighted by Gasteiger charge is 2.18. The molecule has 2 N–H and O–H groups in total. The number of nitrogens with zero attached hydrogens (tertiary/aromatic N) is 3. The number of piperazine rings is 1. The number of nitrogen functional groups attached to an aromatic ring is 1. The van der Waals surface area contributed by atoms with Crippen LogP contribution in [0.15, 0.2) is 66.7 Å². The minimum Gasteiger partial charge on any atom is -0.375 e. The van der Waals surface area contributed by atoms with Crippen LogP contribution < -0.4 is 10.6 Å². The third-order valence-electron chi connectivity index (χ3n) is 6.24. The van der Waals surface area contributed by atoms with Crippen molar-refractivity contribution in [3.05, 3.63) is 77.2 Å². The second-order valence-corrected chi connectivity index (χ2v) is 9.47. The number of aryl methyl sites for hydroxylation is 1. The van der Waals surface area contributed by atoms with Gasteiger partial charge < -0.3 is 10.6 Å². The summed E-state index contributed by atoms with van der Waals surface area (Å²) in [5.41, 5.74) is 10.8. The molecule has 31 heavy (non-hydrogen) atoms. The van der Waals surface area contributed by atoms with Crippen molar-refractivity contribution in [3.8, 4) is 11.3 Å². The van der Waals surface area contributed by atoms with E-state index in [1.54, 1.807) is 11.3 Å². The van der Waals surface area contributed by atoms with Crippen molar-refractivity contribution in [2.45, 2.75) is 13.3 Å². The standard InChI is InChI=1S/C26H28N4S/c1-19-25(28-26(27)31-19)22-11-9-20(10-12-22)13-14-29-15-17-30(18-16-29)24-8-4-6-21-5-2-3-7-23(21)24/h2-12H,13-18H2,1H3,(H2,27,28). The fourth-order valence-corrected chi connectivity index (χ4v) is 5.21. The van der Waals surface area contributed by atoms with Crippen molar-refractivity contribution in [2.24, 2.45) is 0 Å². The molecule has 4 nitrogen and oxygen atoms in total. The Hall–Kier alpha value is -2.89. The van der Waals surface area contributed by atoms with E-state index in [1.165, 1.54) is 26.9 Å². The van der Waals surface area contributed by atoms with Crippen LogP contribution >= 0.6 is 11.3 Å². The molecule has 2 heterocycles. The lowest BCUT2D eigenvalue weighted by Gasteiger charge is -2.36. The minimum atomic E-state index is 0.638. The molecule has 0 unspecified atom stereocenters. The minimum absolute atomic E-state index is 0.638. The van der Waals surface area contributed by atoms with Crippen molar-refractivity contribution in [1.29, 1.82) is 0 Å². The highest BCUT2D eigenvalue weighted by Crippen LogP contribution is 2.29. The van der Waals surface area contributed by atoms with Crippen LogP contribution in [0.1, 0.15) is 10.4 Å². The van der Waals surface area contributed by atoms with Crippen molar-refractivity contribution in [3.63, 3.8) is 0 Å². The summed E-state index contributed by atoms with van der Waals surface area (Å²) >= 11 is 1.55. The van der Waals surface area contributed by atoms with Crippen molar-refractivity contribution < 1.29 is 0 Å². The van der Waals surface area contributed by atoms with Gasteiger partial charge in [0.25, 0.3) is 0 Å². The molecule has 0 saturated carbocycles. The second kappa shape index (κ2) is 8.69. The Morgan fingerprint density at radius 2 is 1.65 bits per heavy atom. The topological polar surface area (TPSA) is 45.4 Å². The number of anilines is 2. The maximum absolute atomic E-state index is 5.85. The first-order chi connectivity index (χ1) is 15.2. The lowest BCUT2D eigenvalue weighted by molar-refractivity contribution is 0.261. The third kappa shape index (κ3) is 4.29. The monoisotopic (exact) mass is 428 g/mol. The van der Waals surface area contributed by atoms with Gasteiger partial charge in [-0.15, -0.1) is 11.3 Å². The third-order valence-corrected chi connectivity index (χ3v) is 7.04. The molecule has 158 valence electrons. The van der Waals surface area contributed by atoms with Gasteiger partial charge in [0.05, 0.1) is 5.69 Å². The number of aromatic nitrogens is 1. The normalized spacial score (nSPS) is 14.9. The number of hydrogen-bond donors (Lipinski definition) is 1. The van der Waals surface area contributed by atoms with Crippen molar-refractivity contribution in [2.75, 3.05) is 43.4 Å². The van der Waals surface area contributed by atoms with E-state index in [2.05, 4.69) is 88.4 Å². The van der Waals surface area contributed by atoms with E-state index < -0.39 is 0 Å². The summed E-state index contributed by atoms with van der Waals surface area (Å²) in [6.07, 6.45) is 1.08. The van der Waals surface area contributed by atoms with E-state index in [-0.39, 0.29) is 0 Å². The van der Waals surface area contributed by atoms with Gasteiger partial charge in [0.15, 0.2) is 5.13 Å². The van der Waals surface area contributed by atoms with Crippen LogP contribution in [0.4, 0.5) is 10.8 Å². The Labute approximate surface area is 187 Å². The molecule has 0 atom stereocenters. The van der Waals surface area contributed by atoms with E-state index in [9.17, 15) is 0 Å². The van der Waals surface area contributed by atoms with Crippen LogP contribution in [0.2, 0.25) is 0 Å². The van der Waals surface area contributed by atoms with E-state index in [1.807, 2.05) is 0 Å². The summed E-state index contributed by atoms with van der Waals surface area (Å²) in [7, 11) is 0. The Morgan fingerprint density at radius 1 is 0.903 bits per heavy atom. The number of fused-ring (bicyclic) bond motifs is 1. The summed E-state index contributed by atoms with van der Waals surface area (Å²) in [6.45, 7) is 7.56. The van der Waals surface area contributed by atoms with Crippen LogP contribution in [0, 0.1) is 6.92 Å². The Morgan fingerprint density at radius 3 is 2.39 bits per heavy atom. The molecule has 0 radical (unpaired) electrons. The van der Waals surface area contributed by atoms with Gasteiger partial charge in [0.2, 0.25) is 0 Å². The van der Waals surface area contributed by atoms with Gasteiger partial charge in [-0.3, -0.25) is 4.90 Å². The maximum atomic E-state index is 5.85. The number of thiazole rings is 1. The maximum Gasteiger partial charge on any atom is 0.180 e. The highest BCUT2D eigenvalue weighted by atomic mass is 32.1. The van der Waals surface area contributed by atoms with Gasteiger partial charge in [-0.1, -0.05) is 60.7 Å². The van der Waals surface area contributed by atoms with E-state index in [0.717, 1.165) is 50.4 Å². The molecule has 4 aromatic rings. The summed E-state index contributed by atoms with van der Waals surface area (Å²) in [4.78, 5) is 10.8. The summed E-state index contributed by atoms with van der Waals surface area (Å²) in [5.74, 6) is 0. The Balaban J connectivity index is 1.17. The predicted octanol–water partition coefficient (Wildman–Crippen LogP) is 5.22. The van der Waals surface area contributed by atoms with Crippen LogP contribution in [0.5, 0.6) is 0 Å². The number of hydrogen-bond acceptors (Lipinski definition) is 5. The average Bonchev–Trinajstić information content (AvgIpc) is 3.16. The van der Waals surface area contributed by atoms with Gasteiger partial charge in [0, 0.05) is 54.2 Å². The Bertz CT molecular complexity index is 1170. The van der Waals surface area contributed by atoms with Crippen LogP contribution in [-0.2, 0) is 6.42 Å². The lowest BCUT2D eigenvalue weighted by atomic mass is 10.1. The van der Waals surface area contributed by atoms with Gasteiger partial charge >= 0.3 is 0 Å². The van der Waals surface area contributed by atoms with E-state index >= 15 is 0 Å². The smallest absolute Gasteiger partial charge is 0.180 e. The molecular formula is C26H28N4S. The van der Waals surface area contributed by atoms with Crippen molar-refractivity contribution in [1.82, 2.24) is 9.88 Å². The fraction of sp³-hybridized carbons (Fsp3) is 0.269. The molecule has 5 heteroatoms. The van der Waals surface area contributed by atoms with Gasteiger partial charge in [-0.2, -0.15) is 0 Å². The SMILES string of the molecule is Cc1sc(N)nc1-c1ccc(CCN2CCN(c3cccc4ccccc34)CC2)cc1. The molecule has 1 fully saturated rings. The zero-order valence-corrected chi connectivity index (χ0v) is 18.7. The molecule has 1 saturated heterocycles. The van der Waals surface area contributed by atoms with Gasteiger partial charge in [0.1, 0.15) is 0 Å². The van der Waals surface area contributed by atoms with Crippen LogP contribution in [0.3, 0.4) is 0 Å². The molecule has 0 aliphatic carbocycles. The summed E-state index contributed by atoms with van der Waals surface area (Å²) < 4.78 is 0. The van der Waals surface area contributed by atoms with Gasteiger partial charge in [-0.25, -0.2) is 4.98 Å². The largest absolute Gasteiger partial charge is 0.375 e. The molecule has 0 amide bonds. The molecule has 0 spiro atoms. The molecule has 0 bridgehead atoms. The van der Waals surface area contributed by atoms with Crippen LogP contribution in [0.25, 0.3) is 22.0 Å². The fourth-order valence-electron chi connectivity index (χ4n) is 4.50. The predicted molar refractivity (Wildman–Crippen MR) is 133 cm³/mol. The highest BCUT2D eigenvalue weighted by molar-refractivity contribution is 7.15. The number of rotatable bonds is 5. The molecule has 1 aliphatic rings. The molecule has 5 rings (SSSR count). The van der Waals surface area contributed by atoms with Gasteiger partial charge in [-0.05, 0) is 30.4 Å². The molecule has 1 aliphatic heterocycles. The second-order valence-electron chi connectivity index (χ2n) is 8.23. The summed E-state index contributed by atoms with van der Waals surface area (Å²) in [6, 6.07) is 24.1. The number of benzene rings is 3. The zero-order chi connectivity index (χ0) is 21.2. The molecule has 3 aromatic carbocycles. The number of nitrogens with two attached hydrogens (primary N) is 1. The summed E-state index contributed by atoms with van der Waals surface area (Å²) in [5, 5.41) is 3.32. The lowest BCUT2D eigenvalue weighted by Crippen LogP contribution is -2.47. The molecule has 1 aromatic heterocycles. The van der Waals surface area contributed by atoms with Crippen LogP contribution in [-0.4, -0.2) is 42.6 Å². The van der Waals surface area contributed by atoms with Crippen molar-refractivity contribution >= 4 is 32.9 Å².